The summed E-state index contributed by atoms with van der Waals surface area (Å²) in [5, 5.41) is 12.1. The minimum Gasteiger partial charge on any atom is -0.497 e. The van der Waals surface area contributed by atoms with Crippen LogP contribution >= 0.6 is 0 Å². The van der Waals surface area contributed by atoms with E-state index in [-0.39, 0.29) is 17.1 Å². The van der Waals surface area contributed by atoms with Crippen molar-refractivity contribution in [3.05, 3.63) is 83.4 Å². The van der Waals surface area contributed by atoms with Gasteiger partial charge in [0.05, 0.1) is 26.9 Å². The highest BCUT2D eigenvalue weighted by molar-refractivity contribution is 6.09. The number of amides is 1. The van der Waals surface area contributed by atoms with Crippen LogP contribution in [0.15, 0.2) is 72.3 Å². The minimum absolute atomic E-state index is 0.110. The number of nitriles is 1. The predicted molar refractivity (Wildman–Crippen MR) is 126 cm³/mol. The molecule has 8 nitrogen and oxygen atoms in total. The van der Waals surface area contributed by atoms with Crippen LogP contribution in [0.25, 0.3) is 6.08 Å². The van der Waals surface area contributed by atoms with Gasteiger partial charge >= 0.3 is 5.97 Å². The number of nitrogens with one attached hydrogen (secondary N) is 1. The molecule has 0 saturated carbocycles. The molecule has 0 saturated heterocycles. The topological polar surface area (TPSA) is 107 Å². The van der Waals surface area contributed by atoms with Gasteiger partial charge in [0.2, 0.25) is 0 Å². The Morgan fingerprint density at radius 3 is 2.00 bits per heavy atom. The maximum absolute atomic E-state index is 12.5. The van der Waals surface area contributed by atoms with E-state index >= 15 is 0 Å². The molecule has 0 heterocycles. The molecule has 0 aromatic heterocycles. The van der Waals surface area contributed by atoms with Crippen LogP contribution < -0.4 is 24.3 Å². The number of carbonyl (C=O) groups is 2. The number of ether oxygens (including phenoxy) is 4. The SMILES string of the molecule is COc1ccc(NC(=O)/C(C#N)=C\c2ccc(OC(=O)c3ccc(OC)cc3)c(OC)c2)cc1. The molecule has 3 aromatic carbocycles. The van der Waals surface area contributed by atoms with E-state index in [4.69, 9.17) is 18.9 Å². The summed E-state index contributed by atoms with van der Waals surface area (Å²) < 4.78 is 20.9. The zero-order valence-electron chi connectivity index (χ0n) is 18.8. The third kappa shape index (κ3) is 5.93. The van der Waals surface area contributed by atoms with Gasteiger partial charge in [-0.05, 0) is 72.3 Å². The van der Waals surface area contributed by atoms with Gasteiger partial charge in [0.1, 0.15) is 23.1 Å². The maximum Gasteiger partial charge on any atom is 0.343 e. The summed E-state index contributed by atoms with van der Waals surface area (Å²) in [5.74, 6) is 0.594. The summed E-state index contributed by atoms with van der Waals surface area (Å²) in [6.07, 6.45) is 1.41. The molecule has 0 bridgehead atoms. The van der Waals surface area contributed by atoms with E-state index in [1.807, 2.05) is 6.07 Å². The van der Waals surface area contributed by atoms with Crippen molar-refractivity contribution in [2.24, 2.45) is 0 Å². The van der Waals surface area contributed by atoms with E-state index in [2.05, 4.69) is 5.32 Å². The Balaban J connectivity index is 1.76. The number of rotatable bonds is 8. The molecule has 172 valence electrons. The van der Waals surface area contributed by atoms with Crippen molar-refractivity contribution in [2.75, 3.05) is 26.6 Å². The van der Waals surface area contributed by atoms with Crippen LogP contribution in [0.2, 0.25) is 0 Å². The second-order valence-corrected chi connectivity index (χ2v) is 6.88. The Morgan fingerprint density at radius 1 is 0.824 bits per heavy atom. The van der Waals surface area contributed by atoms with Gasteiger partial charge < -0.3 is 24.3 Å². The molecule has 0 fully saturated rings. The molecule has 3 aromatic rings. The summed E-state index contributed by atoms with van der Waals surface area (Å²) >= 11 is 0. The number of anilines is 1. The Hall–Kier alpha value is -4.77. The zero-order chi connectivity index (χ0) is 24.5. The summed E-state index contributed by atoms with van der Waals surface area (Å²) in [5.41, 5.74) is 1.27. The Bertz CT molecular complexity index is 1240. The molecule has 0 aliphatic rings. The van der Waals surface area contributed by atoms with Gasteiger partial charge in [-0.15, -0.1) is 0 Å². The van der Waals surface area contributed by atoms with Gasteiger partial charge in [-0.2, -0.15) is 5.26 Å². The summed E-state index contributed by atoms with van der Waals surface area (Å²) in [6.45, 7) is 0. The molecular weight excluding hydrogens is 436 g/mol. The predicted octanol–water partition coefficient (Wildman–Crippen LogP) is 4.48. The van der Waals surface area contributed by atoms with Crippen molar-refractivity contribution in [1.29, 1.82) is 5.26 Å². The number of hydrogen-bond donors (Lipinski definition) is 1. The summed E-state index contributed by atoms with van der Waals surface area (Å²) in [4.78, 5) is 25.0. The fourth-order valence-corrected chi connectivity index (χ4v) is 2.93. The highest BCUT2D eigenvalue weighted by Crippen LogP contribution is 2.30. The van der Waals surface area contributed by atoms with E-state index in [0.29, 0.717) is 28.3 Å². The average molecular weight is 458 g/mol. The van der Waals surface area contributed by atoms with Crippen LogP contribution in [0, 0.1) is 11.3 Å². The van der Waals surface area contributed by atoms with E-state index in [1.54, 1.807) is 67.8 Å². The molecule has 8 heteroatoms. The maximum atomic E-state index is 12.5. The lowest BCUT2D eigenvalue weighted by Crippen LogP contribution is -2.13. The molecule has 0 spiro atoms. The smallest absolute Gasteiger partial charge is 0.343 e. The normalized spacial score (nSPS) is 10.6. The molecule has 34 heavy (non-hydrogen) atoms. The first-order chi connectivity index (χ1) is 16.5. The van der Waals surface area contributed by atoms with Crippen molar-refractivity contribution in [1.82, 2.24) is 0 Å². The van der Waals surface area contributed by atoms with Crippen LogP contribution in [-0.2, 0) is 4.79 Å². The Morgan fingerprint density at radius 2 is 1.44 bits per heavy atom. The zero-order valence-corrected chi connectivity index (χ0v) is 18.8. The van der Waals surface area contributed by atoms with Gasteiger partial charge in [-0.3, -0.25) is 4.79 Å². The fraction of sp³-hybridized carbons (Fsp3) is 0.115. The molecule has 0 aliphatic carbocycles. The van der Waals surface area contributed by atoms with Crippen molar-refractivity contribution >= 4 is 23.6 Å². The molecule has 0 unspecified atom stereocenters. The van der Waals surface area contributed by atoms with E-state index in [0.717, 1.165) is 0 Å². The monoisotopic (exact) mass is 458 g/mol. The second kappa shape index (κ2) is 11.2. The number of benzene rings is 3. The van der Waals surface area contributed by atoms with Gasteiger partial charge in [0.15, 0.2) is 11.5 Å². The van der Waals surface area contributed by atoms with Crippen LogP contribution in [0.4, 0.5) is 5.69 Å². The second-order valence-electron chi connectivity index (χ2n) is 6.88. The highest BCUT2D eigenvalue weighted by Gasteiger charge is 2.14. The molecular formula is C26H22N2O6. The largest absolute Gasteiger partial charge is 0.497 e. The number of methoxy groups -OCH3 is 3. The summed E-state index contributed by atoms with van der Waals surface area (Å²) in [6, 6.07) is 19.8. The van der Waals surface area contributed by atoms with E-state index in [1.165, 1.54) is 26.4 Å². The summed E-state index contributed by atoms with van der Waals surface area (Å²) in [7, 11) is 4.51. The Kier molecular flexibility index (Phi) is 7.87. The van der Waals surface area contributed by atoms with Crippen molar-refractivity contribution in [2.45, 2.75) is 0 Å². The Labute approximate surface area is 196 Å². The van der Waals surface area contributed by atoms with Crippen molar-refractivity contribution < 1.29 is 28.5 Å². The third-order valence-electron chi connectivity index (χ3n) is 4.74. The standard InChI is InChI=1S/C26H22N2O6/c1-31-21-9-5-18(6-10-21)26(30)34-23-13-4-17(15-24(23)33-3)14-19(16-27)25(29)28-20-7-11-22(32-2)12-8-20/h4-15H,1-3H3,(H,28,29)/b19-14-. The lowest BCUT2D eigenvalue weighted by molar-refractivity contribution is -0.112. The lowest BCUT2D eigenvalue weighted by atomic mass is 10.1. The van der Waals surface area contributed by atoms with Gasteiger partial charge in [-0.25, -0.2) is 4.79 Å². The fourth-order valence-electron chi connectivity index (χ4n) is 2.93. The molecule has 3 rings (SSSR count). The third-order valence-corrected chi connectivity index (χ3v) is 4.74. The van der Waals surface area contributed by atoms with Crippen LogP contribution in [0.3, 0.4) is 0 Å². The number of carbonyl (C=O) groups excluding carboxylic acids is 2. The van der Waals surface area contributed by atoms with E-state index in [9.17, 15) is 14.9 Å². The van der Waals surface area contributed by atoms with E-state index < -0.39 is 11.9 Å². The number of hydrogen-bond acceptors (Lipinski definition) is 7. The number of nitrogens with zero attached hydrogens (tertiary/aromatic N) is 1. The van der Waals surface area contributed by atoms with Crippen LogP contribution in [0.5, 0.6) is 23.0 Å². The van der Waals surface area contributed by atoms with Crippen LogP contribution in [-0.4, -0.2) is 33.2 Å². The molecule has 0 aliphatic heterocycles. The van der Waals surface area contributed by atoms with Crippen molar-refractivity contribution in [3.8, 4) is 29.1 Å². The molecule has 0 radical (unpaired) electrons. The van der Waals surface area contributed by atoms with Crippen LogP contribution in [0.1, 0.15) is 15.9 Å². The average Bonchev–Trinajstić information content (AvgIpc) is 2.88. The molecule has 1 amide bonds. The first kappa shape index (κ1) is 23.9. The first-order valence-electron chi connectivity index (χ1n) is 10.1. The molecule has 0 atom stereocenters. The number of esters is 1. The molecule has 1 N–H and O–H groups in total. The highest BCUT2D eigenvalue weighted by atomic mass is 16.6. The van der Waals surface area contributed by atoms with Gasteiger partial charge in [0, 0.05) is 5.69 Å². The van der Waals surface area contributed by atoms with Gasteiger partial charge in [-0.1, -0.05) is 6.07 Å². The quantitative estimate of drug-likeness (QED) is 0.230. The van der Waals surface area contributed by atoms with Gasteiger partial charge in [0.25, 0.3) is 5.91 Å². The van der Waals surface area contributed by atoms with Crippen molar-refractivity contribution in [3.63, 3.8) is 0 Å². The first-order valence-corrected chi connectivity index (χ1v) is 10.1. The minimum atomic E-state index is -0.569. The lowest BCUT2D eigenvalue weighted by Gasteiger charge is -2.11.